The third-order valence-electron chi connectivity index (χ3n) is 2.37. The van der Waals surface area contributed by atoms with Crippen LogP contribution in [0, 0.1) is 0 Å². The second-order valence-electron chi connectivity index (χ2n) is 3.62. The van der Waals surface area contributed by atoms with Crippen LogP contribution in [0.15, 0.2) is 12.4 Å². The maximum Gasteiger partial charge on any atom is 0.151 e. The predicted octanol–water partition coefficient (Wildman–Crippen LogP) is 0.427. The molecule has 1 aromatic heterocycles. The quantitative estimate of drug-likeness (QED) is 0.707. The van der Waals surface area contributed by atoms with Crippen LogP contribution in [0.2, 0.25) is 0 Å². The van der Waals surface area contributed by atoms with Gasteiger partial charge in [0.15, 0.2) is 9.84 Å². The summed E-state index contributed by atoms with van der Waals surface area (Å²) < 4.78 is 24.3. The van der Waals surface area contributed by atoms with Crippen LogP contribution >= 0.6 is 0 Å². The molecule has 0 fully saturated rings. The highest BCUT2D eigenvalue weighted by Gasteiger charge is 2.06. The maximum absolute atomic E-state index is 11.2. The molecule has 6 heteroatoms. The Kier molecular flexibility index (Phi) is 4.95. The van der Waals surface area contributed by atoms with Gasteiger partial charge in [-0.2, -0.15) is 5.10 Å². The van der Waals surface area contributed by atoms with E-state index in [1.807, 2.05) is 17.8 Å². The maximum atomic E-state index is 11.2. The molecular formula is C10H19N3O2S. The van der Waals surface area contributed by atoms with Gasteiger partial charge < -0.3 is 5.32 Å². The zero-order valence-electron chi connectivity index (χ0n) is 9.81. The van der Waals surface area contributed by atoms with E-state index in [9.17, 15) is 8.42 Å². The van der Waals surface area contributed by atoms with Gasteiger partial charge in [0.05, 0.1) is 11.9 Å². The zero-order chi connectivity index (χ0) is 12.0. The molecule has 0 radical (unpaired) electrons. The fraction of sp³-hybridized carbons (Fsp3) is 0.700. The smallest absolute Gasteiger partial charge is 0.151 e. The molecule has 0 bridgehead atoms. The number of aryl methyl sites for hydroxylation is 1. The molecule has 0 spiro atoms. The fourth-order valence-electron chi connectivity index (χ4n) is 1.28. The van der Waals surface area contributed by atoms with Crippen molar-refractivity contribution in [2.24, 2.45) is 0 Å². The summed E-state index contributed by atoms with van der Waals surface area (Å²) in [5.41, 5.74) is 1.08. The van der Waals surface area contributed by atoms with E-state index in [0.717, 1.165) is 12.1 Å². The van der Waals surface area contributed by atoms with E-state index >= 15 is 0 Å². The molecule has 0 saturated carbocycles. The van der Waals surface area contributed by atoms with Crippen molar-refractivity contribution in [3.63, 3.8) is 0 Å². The number of sulfone groups is 1. The summed E-state index contributed by atoms with van der Waals surface area (Å²) in [6, 6.07) is 0. The average Bonchev–Trinajstić information content (AvgIpc) is 2.72. The van der Waals surface area contributed by atoms with Crippen LogP contribution in [0.1, 0.15) is 19.4 Å². The second kappa shape index (κ2) is 6.00. The molecule has 92 valence electrons. The first-order valence-electron chi connectivity index (χ1n) is 5.50. The summed E-state index contributed by atoms with van der Waals surface area (Å²) in [4.78, 5) is 0. The van der Waals surface area contributed by atoms with E-state index in [1.165, 1.54) is 0 Å². The predicted molar refractivity (Wildman–Crippen MR) is 63.9 cm³/mol. The van der Waals surface area contributed by atoms with E-state index in [4.69, 9.17) is 0 Å². The van der Waals surface area contributed by atoms with Crippen LogP contribution in [0.25, 0.3) is 0 Å². The molecule has 1 heterocycles. The van der Waals surface area contributed by atoms with Gasteiger partial charge in [-0.1, -0.05) is 6.92 Å². The Hall–Kier alpha value is -0.880. The summed E-state index contributed by atoms with van der Waals surface area (Å²) in [6.07, 6.45) is 3.76. The monoisotopic (exact) mass is 245 g/mol. The number of hydrogen-bond donors (Lipinski definition) is 1. The first-order valence-corrected chi connectivity index (χ1v) is 7.32. The van der Waals surface area contributed by atoms with Gasteiger partial charge in [0.2, 0.25) is 0 Å². The lowest BCUT2D eigenvalue weighted by Gasteiger charge is -2.02. The van der Waals surface area contributed by atoms with Crippen molar-refractivity contribution in [3.8, 4) is 0 Å². The van der Waals surface area contributed by atoms with Crippen LogP contribution in [0.4, 0.5) is 0 Å². The van der Waals surface area contributed by atoms with Crippen LogP contribution in [-0.4, -0.2) is 36.2 Å². The highest BCUT2D eigenvalue weighted by atomic mass is 32.2. The minimum atomic E-state index is -2.86. The summed E-state index contributed by atoms with van der Waals surface area (Å²) in [7, 11) is -2.86. The molecule has 0 aromatic carbocycles. The van der Waals surface area contributed by atoms with Gasteiger partial charge in [-0.05, 0) is 6.92 Å². The van der Waals surface area contributed by atoms with Gasteiger partial charge in [-0.3, -0.25) is 4.68 Å². The lowest BCUT2D eigenvalue weighted by atomic mass is 10.3. The van der Waals surface area contributed by atoms with Gasteiger partial charge >= 0.3 is 0 Å². The molecule has 0 unspecified atom stereocenters. The number of nitrogens with zero attached hydrogens (tertiary/aromatic N) is 2. The van der Waals surface area contributed by atoms with Crippen molar-refractivity contribution in [1.82, 2.24) is 15.1 Å². The van der Waals surface area contributed by atoms with Crippen molar-refractivity contribution in [2.45, 2.75) is 26.9 Å². The van der Waals surface area contributed by atoms with Crippen molar-refractivity contribution in [3.05, 3.63) is 18.0 Å². The number of hydrogen-bond acceptors (Lipinski definition) is 4. The molecule has 0 aliphatic carbocycles. The molecule has 1 aromatic rings. The van der Waals surface area contributed by atoms with Crippen molar-refractivity contribution in [2.75, 3.05) is 18.1 Å². The Balaban J connectivity index is 2.26. The summed E-state index contributed by atoms with van der Waals surface area (Å²) in [5, 5.41) is 7.23. The highest BCUT2D eigenvalue weighted by molar-refractivity contribution is 7.91. The van der Waals surface area contributed by atoms with Crippen LogP contribution in [0.5, 0.6) is 0 Å². The third kappa shape index (κ3) is 4.32. The lowest BCUT2D eigenvalue weighted by molar-refractivity contribution is 0.592. The fourth-order valence-corrected chi connectivity index (χ4v) is 2.02. The zero-order valence-corrected chi connectivity index (χ0v) is 10.6. The molecule has 5 nitrogen and oxygen atoms in total. The van der Waals surface area contributed by atoms with Gasteiger partial charge in [0.25, 0.3) is 0 Å². The molecule has 0 aliphatic heterocycles. The number of nitrogens with one attached hydrogen (secondary N) is 1. The molecule has 0 saturated heterocycles. The minimum absolute atomic E-state index is 0.200. The van der Waals surface area contributed by atoms with Crippen LogP contribution in [0.3, 0.4) is 0 Å². The first kappa shape index (κ1) is 13.2. The Bertz CT molecular complexity index is 411. The van der Waals surface area contributed by atoms with Crippen molar-refractivity contribution in [1.29, 1.82) is 0 Å². The molecular weight excluding hydrogens is 226 g/mol. The van der Waals surface area contributed by atoms with Crippen LogP contribution < -0.4 is 5.32 Å². The van der Waals surface area contributed by atoms with Gasteiger partial charge in [-0.25, -0.2) is 8.42 Å². The standard InChI is InChI=1S/C10H19N3O2S/c1-3-13-9-10(8-12-13)7-11-5-6-16(14,15)4-2/h8-9,11H,3-7H2,1-2H3. The first-order chi connectivity index (χ1) is 7.57. The number of rotatable bonds is 7. The Morgan fingerprint density at radius 3 is 2.75 bits per heavy atom. The average molecular weight is 245 g/mol. The number of aromatic nitrogens is 2. The lowest BCUT2D eigenvalue weighted by Crippen LogP contribution is -2.23. The highest BCUT2D eigenvalue weighted by Crippen LogP contribution is 1.96. The molecule has 0 amide bonds. The van der Waals surface area contributed by atoms with E-state index in [1.54, 1.807) is 13.1 Å². The molecule has 0 atom stereocenters. The summed E-state index contributed by atoms with van der Waals surface area (Å²) in [5.74, 6) is 0.411. The van der Waals surface area contributed by atoms with Gasteiger partial charge in [0.1, 0.15) is 0 Å². The molecule has 0 aliphatic rings. The molecule has 16 heavy (non-hydrogen) atoms. The molecule has 1 N–H and O–H groups in total. The largest absolute Gasteiger partial charge is 0.312 e. The van der Waals surface area contributed by atoms with Crippen molar-refractivity contribution < 1.29 is 8.42 Å². The second-order valence-corrected chi connectivity index (χ2v) is 6.09. The van der Waals surface area contributed by atoms with Crippen LogP contribution in [-0.2, 0) is 22.9 Å². The van der Waals surface area contributed by atoms with E-state index in [0.29, 0.717) is 13.1 Å². The Labute approximate surface area is 96.8 Å². The van der Waals surface area contributed by atoms with E-state index in [-0.39, 0.29) is 11.5 Å². The van der Waals surface area contributed by atoms with Gasteiger partial charge in [0, 0.05) is 37.1 Å². The van der Waals surface area contributed by atoms with E-state index < -0.39 is 9.84 Å². The topological polar surface area (TPSA) is 64.0 Å². The van der Waals surface area contributed by atoms with Crippen molar-refractivity contribution >= 4 is 9.84 Å². The SMILES string of the molecule is CCn1cc(CNCCS(=O)(=O)CC)cn1. The molecule has 1 rings (SSSR count). The third-order valence-corrected chi connectivity index (χ3v) is 4.08. The summed E-state index contributed by atoms with van der Waals surface area (Å²) >= 11 is 0. The van der Waals surface area contributed by atoms with Gasteiger partial charge in [-0.15, -0.1) is 0 Å². The normalized spacial score (nSPS) is 11.9. The Morgan fingerprint density at radius 2 is 2.19 bits per heavy atom. The minimum Gasteiger partial charge on any atom is -0.312 e. The Morgan fingerprint density at radius 1 is 1.44 bits per heavy atom. The summed E-state index contributed by atoms with van der Waals surface area (Å²) in [6.45, 7) is 5.70. The van der Waals surface area contributed by atoms with E-state index in [2.05, 4.69) is 10.4 Å².